The molecular weight excluding hydrogens is 398 g/mol. The van der Waals surface area contributed by atoms with Crippen LogP contribution in [0.2, 0.25) is 0 Å². The van der Waals surface area contributed by atoms with E-state index in [1.54, 1.807) is 0 Å². The van der Waals surface area contributed by atoms with Gasteiger partial charge in [-0.25, -0.2) is 0 Å². The van der Waals surface area contributed by atoms with Gasteiger partial charge in [-0.1, -0.05) is 153 Å². The molecule has 1 aromatic rings. The van der Waals surface area contributed by atoms with Crippen LogP contribution in [0.3, 0.4) is 0 Å². The second kappa shape index (κ2) is 20.5. The Balaban J connectivity index is 2.09. The van der Waals surface area contributed by atoms with Crippen molar-refractivity contribution in [2.45, 2.75) is 155 Å². The molecule has 0 N–H and O–H groups in total. The minimum Gasteiger partial charge on any atom is -0.294 e. The molecule has 0 unspecified atom stereocenters. The molecule has 0 aromatic heterocycles. The first-order valence-electron chi connectivity index (χ1n) is 14.9. The van der Waals surface area contributed by atoms with Crippen molar-refractivity contribution in [3.05, 3.63) is 35.9 Å². The molecule has 33 heavy (non-hydrogen) atoms. The molecule has 1 aromatic carbocycles. The lowest BCUT2D eigenvalue weighted by atomic mass is 9.91. The zero-order chi connectivity index (χ0) is 24.0. The predicted molar refractivity (Wildman–Crippen MR) is 150 cm³/mol. The highest BCUT2D eigenvalue weighted by Crippen LogP contribution is 2.28. The van der Waals surface area contributed by atoms with Crippen LogP contribution in [-0.2, 0) is 5.54 Å². The monoisotopic (exact) mass is 457 g/mol. The number of benzene rings is 1. The number of hydrogen-bond donors (Lipinski definition) is 0. The standard InChI is InChI=1S/C32H59N/c1-5-7-9-10-11-12-13-14-15-16-17-18-19-20-21-26-30-33(29-25-8-6-2)32(3,4)31-27-23-22-24-28-31/h22-24,27-28H,5-21,25-26,29-30H2,1-4H3. The summed E-state index contributed by atoms with van der Waals surface area (Å²) in [5.74, 6) is 0. The maximum Gasteiger partial charge on any atom is 0.0404 e. The lowest BCUT2D eigenvalue weighted by Crippen LogP contribution is -2.42. The number of rotatable bonds is 23. The van der Waals surface area contributed by atoms with Crippen molar-refractivity contribution in [3.8, 4) is 0 Å². The van der Waals surface area contributed by atoms with E-state index < -0.39 is 0 Å². The first-order chi connectivity index (χ1) is 16.1. The summed E-state index contributed by atoms with van der Waals surface area (Å²) >= 11 is 0. The summed E-state index contributed by atoms with van der Waals surface area (Å²) in [4.78, 5) is 2.75. The van der Waals surface area contributed by atoms with Crippen LogP contribution in [0.15, 0.2) is 30.3 Å². The molecule has 0 aliphatic rings. The van der Waals surface area contributed by atoms with Gasteiger partial charge in [-0.3, -0.25) is 4.90 Å². The fourth-order valence-electron chi connectivity index (χ4n) is 5.10. The van der Waals surface area contributed by atoms with Gasteiger partial charge in [-0.05, 0) is 45.3 Å². The molecule has 0 saturated carbocycles. The molecule has 192 valence electrons. The molecule has 0 amide bonds. The first-order valence-corrected chi connectivity index (χ1v) is 14.9. The fraction of sp³-hybridized carbons (Fsp3) is 0.812. The van der Waals surface area contributed by atoms with Crippen LogP contribution < -0.4 is 0 Å². The Labute approximate surface area is 209 Å². The van der Waals surface area contributed by atoms with Crippen molar-refractivity contribution in [2.75, 3.05) is 13.1 Å². The van der Waals surface area contributed by atoms with Crippen LogP contribution in [-0.4, -0.2) is 18.0 Å². The Morgan fingerprint density at radius 2 is 0.818 bits per heavy atom. The van der Waals surface area contributed by atoms with E-state index in [4.69, 9.17) is 0 Å². The summed E-state index contributed by atoms with van der Waals surface area (Å²) in [6.07, 6.45) is 27.0. The van der Waals surface area contributed by atoms with Crippen LogP contribution in [0.1, 0.15) is 155 Å². The Kier molecular flexibility index (Phi) is 18.8. The van der Waals surface area contributed by atoms with Gasteiger partial charge >= 0.3 is 0 Å². The summed E-state index contributed by atoms with van der Waals surface area (Å²) in [7, 11) is 0. The second-order valence-corrected chi connectivity index (χ2v) is 10.9. The van der Waals surface area contributed by atoms with E-state index in [-0.39, 0.29) is 5.54 Å². The van der Waals surface area contributed by atoms with Gasteiger partial charge in [0.25, 0.3) is 0 Å². The molecule has 0 atom stereocenters. The van der Waals surface area contributed by atoms with Crippen molar-refractivity contribution in [3.63, 3.8) is 0 Å². The van der Waals surface area contributed by atoms with Gasteiger partial charge in [0.2, 0.25) is 0 Å². The van der Waals surface area contributed by atoms with Crippen LogP contribution >= 0.6 is 0 Å². The second-order valence-electron chi connectivity index (χ2n) is 10.9. The van der Waals surface area contributed by atoms with Crippen molar-refractivity contribution in [2.24, 2.45) is 0 Å². The van der Waals surface area contributed by atoms with Crippen LogP contribution in [0.25, 0.3) is 0 Å². The van der Waals surface area contributed by atoms with E-state index in [2.05, 4.69) is 62.9 Å². The molecule has 0 spiro atoms. The van der Waals surface area contributed by atoms with Gasteiger partial charge < -0.3 is 0 Å². The van der Waals surface area contributed by atoms with Gasteiger partial charge in [0, 0.05) is 5.54 Å². The smallest absolute Gasteiger partial charge is 0.0404 e. The first kappa shape index (κ1) is 30.2. The predicted octanol–water partition coefficient (Wildman–Crippen LogP) is 10.7. The Morgan fingerprint density at radius 1 is 0.485 bits per heavy atom. The highest BCUT2D eigenvalue weighted by molar-refractivity contribution is 5.22. The Hall–Kier alpha value is -0.820. The molecule has 1 rings (SSSR count). The zero-order valence-electron chi connectivity index (χ0n) is 23.2. The molecule has 0 bridgehead atoms. The average Bonchev–Trinajstić information content (AvgIpc) is 2.83. The topological polar surface area (TPSA) is 3.24 Å². The molecule has 0 saturated heterocycles. The van der Waals surface area contributed by atoms with E-state index in [1.165, 1.54) is 141 Å². The Morgan fingerprint density at radius 3 is 1.24 bits per heavy atom. The molecule has 0 fully saturated rings. The van der Waals surface area contributed by atoms with Crippen LogP contribution in [0, 0.1) is 0 Å². The van der Waals surface area contributed by atoms with E-state index in [1.807, 2.05) is 0 Å². The van der Waals surface area contributed by atoms with E-state index in [0.717, 1.165) is 0 Å². The third kappa shape index (κ3) is 14.9. The molecule has 0 aliphatic heterocycles. The minimum absolute atomic E-state index is 0.129. The molecule has 1 nitrogen and oxygen atoms in total. The summed E-state index contributed by atoms with van der Waals surface area (Å²) in [5.41, 5.74) is 1.59. The van der Waals surface area contributed by atoms with Crippen molar-refractivity contribution < 1.29 is 0 Å². The van der Waals surface area contributed by atoms with Crippen molar-refractivity contribution in [1.82, 2.24) is 4.90 Å². The largest absolute Gasteiger partial charge is 0.294 e. The third-order valence-corrected chi connectivity index (χ3v) is 7.58. The summed E-state index contributed by atoms with van der Waals surface area (Å²) < 4.78 is 0. The minimum atomic E-state index is 0.129. The lowest BCUT2D eigenvalue weighted by molar-refractivity contribution is 0.113. The van der Waals surface area contributed by atoms with Gasteiger partial charge in [0.05, 0.1) is 0 Å². The van der Waals surface area contributed by atoms with E-state index >= 15 is 0 Å². The molecule has 0 aliphatic carbocycles. The van der Waals surface area contributed by atoms with Crippen molar-refractivity contribution in [1.29, 1.82) is 0 Å². The SMILES string of the molecule is CCCCCCCCCCCCCCCCCCN(CCCCC)C(C)(C)c1ccccc1. The Bertz CT molecular complexity index is 521. The highest BCUT2D eigenvalue weighted by Gasteiger charge is 2.27. The summed E-state index contributed by atoms with van der Waals surface area (Å²) in [5, 5.41) is 0. The van der Waals surface area contributed by atoms with Crippen molar-refractivity contribution >= 4 is 0 Å². The quantitative estimate of drug-likeness (QED) is 0.148. The van der Waals surface area contributed by atoms with E-state index in [9.17, 15) is 0 Å². The van der Waals surface area contributed by atoms with Gasteiger partial charge in [0.15, 0.2) is 0 Å². The fourth-order valence-corrected chi connectivity index (χ4v) is 5.10. The summed E-state index contributed by atoms with van der Waals surface area (Å²) in [6, 6.07) is 11.1. The molecule has 1 heteroatoms. The normalized spacial score (nSPS) is 12.0. The zero-order valence-corrected chi connectivity index (χ0v) is 23.2. The van der Waals surface area contributed by atoms with Gasteiger partial charge in [-0.15, -0.1) is 0 Å². The van der Waals surface area contributed by atoms with E-state index in [0.29, 0.717) is 0 Å². The molecule has 0 heterocycles. The summed E-state index contributed by atoms with van der Waals surface area (Å²) in [6.45, 7) is 11.9. The lowest BCUT2D eigenvalue weighted by Gasteiger charge is -2.39. The number of hydrogen-bond acceptors (Lipinski definition) is 1. The van der Waals surface area contributed by atoms with Crippen LogP contribution in [0.5, 0.6) is 0 Å². The maximum absolute atomic E-state index is 2.75. The molecule has 0 radical (unpaired) electrons. The average molecular weight is 458 g/mol. The maximum atomic E-state index is 2.75. The molecular formula is C32H59N. The number of nitrogens with zero attached hydrogens (tertiary/aromatic N) is 1. The number of unbranched alkanes of at least 4 members (excludes halogenated alkanes) is 17. The van der Waals surface area contributed by atoms with Gasteiger partial charge in [-0.2, -0.15) is 0 Å². The highest BCUT2D eigenvalue weighted by atomic mass is 15.2. The van der Waals surface area contributed by atoms with Crippen LogP contribution in [0.4, 0.5) is 0 Å². The van der Waals surface area contributed by atoms with Gasteiger partial charge in [0.1, 0.15) is 0 Å². The third-order valence-electron chi connectivity index (χ3n) is 7.58.